The van der Waals surface area contributed by atoms with Crippen LogP contribution in [0.3, 0.4) is 0 Å². The Kier molecular flexibility index (Phi) is 1.71. The summed E-state index contributed by atoms with van der Waals surface area (Å²) in [7, 11) is 0. The molecule has 0 saturated heterocycles. The van der Waals surface area contributed by atoms with E-state index in [9.17, 15) is 0 Å². The molecule has 1 heterocycles. The van der Waals surface area contributed by atoms with Crippen molar-refractivity contribution in [1.82, 2.24) is 9.88 Å². The Hall–Kier alpha value is -1.28. The summed E-state index contributed by atoms with van der Waals surface area (Å²) in [5.74, 6) is 0. The third-order valence-electron chi connectivity index (χ3n) is 2.45. The normalized spacial score (nSPS) is 18.1. The van der Waals surface area contributed by atoms with Crippen LogP contribution >= 0.6 is 0 Å². The van der Waals surface area contributed by atoms with Crippen molar-refractivity contribution in [3.05, 3.63) is 36.0 Å². The lowest BCUT2D eigenvalue weighted by Crippen LogP contribution is -2.20. The van der Waals surface area contributed by atoms with Crippen molar-refractivity contribution in [2.24, 2.45) is 0 Å². The molecule has 0 amide bonds. The first-order valence-corrected chi connectivity index (χ1v) is 5.08. The van der Waals surface area contributed by atoms with Crippen molar-refractivity contribution >= 4 is 10.9 Å². The molecule has 1 aromatic heterocycles. The number of para-hydroxylation sites is 1. The van der Waals surface area contributed by atoms with Gasteiger partial charge in [0, 0.05) is 30.5 Å². The third-order valence-corrected chi connectivity index (χ3v) is 2.45. The second-order valence-electron chi connectivity index (χ2n) is 3.44. The van der Waals surface area contributed by atoms with Gasteiger partial charge in [-0.15, -0.1) is 0 Å². The number of nitrogens with zero attached hydrogens (tertiary/aromatic N) is 1. The molecule has 80 valence electrons. The van der Waals surface area contributed by atoms with Crippen LogP contribution in [0.1, 0.15) is 19.3 Å². The van der Waals surface area contributed by atoms with E-state index < -0.39 is 13.5 Å². The molecule has 0 aliphatic heterocycles. The largest absolute Gasteiger partial charge is 0.361 e. The van der Waals surface area contributed by atoms with Crippen LogP contribution in [-0.4, -0.2) is 29.9 Å². The average molecular weight is 207 g/mol. The SMILES string of the molecule is [2H]C([2H])([2H])N(CC)C([2H])([2H])Cc1c[nH]c2ccccc12. The number of H-pyrrole nitrogens is 1. The fourth-order valence-corrected chi connectivity index (χ4v) is 1.57. The lowest BCUT2D eigenvalue weighted by Gasteiger charge is -2.12. The molecule has 15 heavy (non-hydrogen) atoms. The van der Waals surface area contributed by atoms with Gasteiger partial charge in [0.1, 0.15) is 0 Å². The number of hydrogen-bond acceptors (Lipinski definition) is 1. The minimum atomic E-state index is -2.44. The van der Waals surface area contributed by atoms with E-state index in [1.54, 1.807) is 13.1 Å². The molecule has 1 aromatic carbocycles. The smallest absolute Gasteiger partial charge is 0.0456 e. The van der Waals surface area contributed by atoms with Crippen LogP contribution in [0.25, 0.3) is 10.9 Å². The molecule has 0 unspecified atom stereocenters. The van der Waals surface area contributed by atoms with Crippen molar-refractivity contribution in [1.29, 1.82) is 0 Å². The number of likely N-dealkylation sites (N-methyl/N-ethyl adjacent to an activating group) is 1. The molecule has 0 aliphatic carbocycles. The van der Waals surface area contributed by atoms with Crippen molar-refractivity contribution in [2.45, 2.75) is 13.3 Å². The van der Waals surface area contributed by atoms with Gasteiger partial charge in [0.25, 0.3) is 0 Å². The Morgan fingerprint density at radius 2 is 2.33 bits per heavy atom. The summed E-state index contributed by atoms with van der Waals surface area (Å²) < 4.78 is 38.6. The molecular weight excluding hydrogens is 184 g/mol. The standard InChI is InChI=1S/C13H18N2/c1-3-15(2)9-8-11-10-14-13-7-5-4-6-12(11)13/h4-7,10,14H,3,8-9H2,1-2H3/i2D3,9D2. The van der Waals surface area contributed by atoms with Crippen LogP contribution in [-0.2, 0) is 6.42 Å². The van der Waals surface area contributed by atoms with Crippen molar-refractivity contribution in [3.63, 3.8) is 0 Å². The molecule has 0 saturated carbocycles. The van der Waals surface area contributed by atoms with Crippen LogP contribution in [0.5, 0.6) is 0 Å². The highest BCUT2D eigenvalue weighted by Crippen LogP contribution is 2.17. The number of rotatable bonds is 4. The number of hydrogen-bond donors (Lipinski definition) is 1. The van der Waals surface area contributed by atoms with Gasteiger partial charge in [-0.2, -0.15) is 0 Å². The summed E-state index contributed by atoms with van der Waals surface area (Å²) >= 11 is 0. The minimum Gasteiger partial charge on any atom is -0.361 e. The second-order valence-corrected chi connectivity index (χ2v) is 3.44. The molecule has 0 spiro atoms. The van der Waals surface area contributed by atoms with Gasteiger partial charge in [0.2, 0.25) is 0 Å². The quantitative estimate of drug-likeness (QED) is 0.816. The molecule has 0 aliphatic rings. The number of aromatic nitrogens is 1. The number of aromatic amines is 1. The monoisotopic (exact) mass is 207 g/mol. The summed E-state index contributed by atoms with van der Waals surface area (Å²) in [4.78, 5) is 4.00. The van der Waals surface area contributed by atoms with Gasteiger partial charge in [0.05, 0.1) is 0 Å². The summed E-state index contributed by atoms with van der Waals surface area (Å²) in [6.45, 7) is -2.58. The van der Waals surface area contributed by atoms with Crippen LogP contribution in [0.4, 0.5) is 0 Å². The van der Waals surface area contributed by atoms with Crippen LogP contribution < -0.4 is 0 Å². The Bertz CT molecular complexity index is 588. The summed E-state index contributed by atoms with van der Waals surface area (Å²) in [5, 5.41) is 0.929. The summed E-state index contributed by atoms with van der Waals surface area (Å²) in [6.07, 6.45) is 1.78. The maximum Gasteiger partial charge on any atom is 0.0456 e. The van der Waals surface area contributed by atoms with E-state index in [-0.39, 0.29) is 13.0 Å². The fourth-order valence-electron chi connectivity index (χ4n) is 1.57. The molecule has 2 nitrogen and oxygen atoms in total. The lowest BCUT2D eigenvalue weighted by molar-refractivity contribution is 0.358. The van der Waals surface area contributed by atoms with E-state index in [0.717, 1.165) is 21.4 Å². The Labute approximate surface area is 97.9 Å². The Morgan fingerprint density at radius 3 is 3.13 bits per heavy atom. The lowest BCUT2D eigenvalue weighted by atomic mass is 10.1. The zero-order valence-electron chi connectivity index (χ0n) is 13.7. The highest BCUT2D eigenvalue weighted by Gasteiger charge is 2.03. The Morgan fingerprint density at radius 1 is 1.47 bits per heavy atom. The maximum atomic E-state index is 8.11. The van der Waals surface area contributed by atoms with E-state index in [1.807, 2.05) is 24.3 Å². The van der Waals surface area contributed by atoms with E-state index in [4.69, 9.17) is 6.85 Å². The molecule has 2 rings (SSSR count). The maximum absolute atomic E-state index is 8.11. The van der Waals surface area contributed by atoms with Crippen molar-refractivity contribution < 1.29 is 6.85 Å². The first kappa shape index (κ1) is 5.71. The van der Waals surface area contributed by atoms with E-state index in [0.29, 0.717) is 0 Å². The van der Waals surface area contributed by atoms with Crippen LogP contribution in [0.2, 0.25) is 0 Å². The molecule has 2 heteroatoms. The molecule has 1 N–H and O–H groups in total. The fraction of sp³-hybridized carbons (Fsp3) is 0.385. The predicted molar refractivity (Wildman–Crippen MR) is 65.2 cm³/mol. The van der Waals surface area contributed by atoms with Crippen LogP contribution in [0.15, 0.2) is 30.5 Å². The van der Waals surface area contributed by atoms with E-state index >= 15 is 0 Å². The number of benzene rings is 1. The van der Waals surface area contributed by atoms with E-state index in [2.05, 4.69) is 4.98 Å². The molecule has 0 radical (unpaired) electrons. The van der Waals surface area contributed by atoms with Gasteiger partial charge >= 0.3 is 0 Å². The molecule has 0 bridgehead atoms. The third kappa shape index (κ3) is 2.21. The first-order valence-electron chi connectivity index (χ1n) is 7.58. The van der Waals surface area contributed by atoms with Crippen molar-refractivity contribution in [2.75, 3.05) is 20.0 Å². The van der Waals surface area contributed by atoms with E-state index in [1.165, 1.54) is 0 Å². The first-order chi connectivity index (χ1) is 9.25. The summed E-state index contributed by atoms with van der Waals surface area (Å²) in [6, 6.07) is 7.60. The molecule has 2 aromatic rings. The van der Waals surface area contributed by atoms with Crippen LogP contribution in [0, 0.1) is 0 Å². The molecule has 0 atom stereocenters. The average Bonchev–Trinajstić information content (AvgIpc) is 2.70. The second kappa shape index (κ2) is 4.49. The predicted octanol–water partition coefficient (Wildman–Crippen LogP) is 2.66. The van der Waals surface area contributed by atoms with Gasteiger partial charge in [-0.3, -0.25) is 0 Å². The van der Waals surface area contributed by atoms with Gasteiger partial charge in [-0.05, 0) is 31.6 Å². The highest BCUT2D eigenvalue weighted by atomic mass is 15.1. The topological polar surface area (TPSA) is 19.0 Å². The Balaban J connectivity index is 2.32. The molecular formula is C13H18N2. The van der Waals surface area contributed by atoms with Gasteiger partial charge in [-0.1, -0.05) is 25.1 Å². The zero-order valence-corrected chi connectivity index (χ0v) is 8.75. The zero-order chi connectivity index (χ0) is 15.0. The van der Waals surface area contributed by atoms with Gasteiger partial charge < -0.3 is 9.88 Å². The number of aryl methyl sites for hydroxylation is 1. The number of fused-ring (bicyclic) bond motifs is 1. The highest BCUT2D eigenvalue weighted by molar-refractivity contribution is 5.83. The number of nitrogens with one attached hydrogen (secondary N) is 1. The van der Waals surface area contributed by atoms with Gasteiger partial charge in [-0.25, -0.2) is 0 Å². The van der Waals surface area contributed by atoms with Crippen molar-refractivity contribution in [3.8, 4) is 0 Å². The minimum absolute atomic E-state index is 0.0310. The summed E-state index contributed by atoms with van der Waals surface area (Å²) in [5.41, 5.74) is 1.71. The molecule has 0 fully saturated rings. The van der Waals surface area contributed by atoms with Gasteiger partial charge in [0.15, 0.2) is 0 Å².